The molecule has 13 heavy (non-hydrogen) atoms. The fraction of sp³-hybridized carbons (Fsp3) is 0.143. The fourth-order valence-electron chi connectivity index (χ4n) is 0.848. The van der Waals surface area contributed by atoms with Gasteiger partial charge < -0.3 is 4.52 Å². The first-order chi connectivity index (χ1) is 6.29. The van der Waals surface area contributed by atoms with Crippen molar-refractivity contribution in [1.29, 1.82) is 0 Å². The highest BCUT2D eigenvalue weighted by Gasteiger charge is 2.09. The van der Waals surface area contributed by atoms with Gasteiger partial charge in [-0.3, -0.25) is 0 Å². The Kier molecular flexibility index (Phi) is 2.85. The lowest BCUT2D eigenvalue weighted by Crippen LogP contribution is -1.78. The molecule has 2 aromatic heterocycles. The molecular weight excluding hydrogens is 323 g/mol. The van der Waals surface area contributed by atoms with Crippen LogP contribution >= 0.6 is 45.5 Å². The van der Waals surface area contributed by atoms with Crippen molar-refractivity contribution in [2.75, 3.05) is 0 Å². The first-order valence-electron chi connectivity index (χ1n) is 3.42. The Labute approximate surface area is 97.2 Å². The summed E-state index contributed by atoms with van der Waals surface area (Å²) in [7, 11) is 0. The van der Waals surface area contributed by atoms with E-state index < -0.39 is 0 Å². The summed E-state index contributed by atoms with van der Waals surface area (Å²) in [5.41, 5.74) is 0.957. The van der Waals surface area contributed by atoms with Gasteiger partial charge in [0.2, 0.25) is 0 Å². The quantitative estimate of drug-likeness (QED) is 0.628. The van der Waals surface area contributed by atoms with Gasteiger partial charge in [0.05, 0.1) is 14.3 Å². The maximum Gasteiger partial charge on any atom is 0.258 e. The van der Waals surface area contributed by atoms with Gasteiger partial charge >= 0.3 is 0 Å². The van der Waals surface area contributed by atoms with Crippen LogP contribution in [0, 0.1) is 2.88 Å². The van der Waals surface area contributed by atoms with E-state index in [0.717, 1.165) is 5.56 Å². The van der Waals surface area contributed by atoms with Gasteiger partial charge in [-0.25, -0.2) is 0 Å². The van der Waals surface area contributed by atoms with Crippen LogP contribution in [0.15, 0.2) is 16.0 Å². The fourth-order valence-corrected chi connectivity index (χ4v) is 2.28. The first-order valence-corrected chi connectivity index (χ1v) is 5.92. The molecule has 0 N–H and O–H groups in total. The van der Waals surface area contributed by atoms with Crippen molar-refractivity contribution in [2.24, 2.45) is 0 Å². The highest BCUT2D eigenvalue weighted by molar-refractivity contribution is 14.1. The zero-order valence-corrected chi connectivity index (χ0v) is 10.1. The van der Waals surface area contributed by atoms with Crippen molar-refractivity contribution in [3.8, 4) is 11.5 Å². The lowest BCUT2D eigenvalue weighted by Gasteiger charge is -1.82. The average Bonchev–Trinajstić information content (AvgIpc) is 2.71. The Morgan fingerprint density at radius 2 is 2.46 bits per heavy atom. The minimum absolute atomic E-state index is 0.282. The molecule has 2 rings (SSSR count). The number of nitrogens with zero attached hydrogens (tertiary/aromatic N) is 2. The van der Waals surface area contributed by atoms with Gasteiger partial charge in [0.1, 0.15) is 0 Å². The number of halogens is 2. The van der Waals surface area contributed by atoms with Crippen molar-refractivity contribution in [3.05, 3.63) is 20.2 Å². The number of aromatic nitrogens is 2. The van der Waals surface area contributed by atoms with Crippen LogP contribution in [-0.2, 0) is 5.88 Å². The molecule has 0 saturated carbocycles. The molecule has 0 amide bonds. The molecule has 0 radical (unpaired) electrons. The van der Waals surface area contributed by atoms with Gasteiger partial charge in [0.15, 0.2) is 5.82 Å². The highest BCUT2D eigenvalue weighted by Crippen LogP contribution is 2.25. The number of thiophene rings is 1. The Balaban J connectivity index is 2.35. The molecule has 2 aromatic rings. The van der Waals surface area contributed by atoms with Crippen molar-refractivity contribution in [2.45, 2.75) is 5.88 Å². The molecule has 68 valence electrons. The number of hydrogen-bond acceptors (Lipinski definition) is 4. The Morgan fingerprint density at radius 3 is 3.00 bits per heavy atom. The van der Waals surface area contributed by atoms with Gasteiger partial charge in [-0.05, 0) is 28.7 Å². The summed E-state index contributed by atoms with van der Waals surface area (Å²) >= 11 is 9.44. The molecule has 6 heteroatoms. The van der Waals surface area contributed by atoms with E-state index in [4.69, 9.17) is 16.1 Å². The molecule has 0 atom stereocenters. The van der Waals surface area contributed by atoms with E-state index in [0.29, 0.717) is 11.7 Å². The standard InChI is InChI=1S/C7H4ClIN2OS/c8-2-6-10-7(12-11-6)4-1-5(9)13-3-4/h1,3H,2H2. The summed E-state index contributed by atoms with van der Waals surface area (Å²) in [5.74, 6) is 1.35. The molecule has 0 aromatic carbocycles. The lowest BCUT2D eigenvalue weighted by atomic mass is 10.3. The van der Waals surface area contributed by atoms with Crippen LogP contribution in [0.3, 0.4) is 0 Å². The zero-order chi connectivity index (χ0) is 9.26. The van der Waals surface area contributed by atoms with Crippen LogP contribution in [0.5, 0.6) is 0 Å². The molecule has 0 unspecified atom stereocenters. The van der Waals surface area contributed by atoms with E-state index >= 15 is 0 Å². The summed E-state index contributed by atoms with van der Waals surface area (Å²) in [4.78, 5) is 4.11. The van der Waals surface area contributed by atoms with Crippen molar-refractivity contribution in [1.82, 2.24) is 10.1 Å². The van der Waals surface area contributed by atoms with Gasteiger partial charge in [0, 0.05) is 5.38 Å². The second-order valence-electron chi connectivity index (χ2n) is 2.29. The number of rotatable bonds is 2. The van der Waals surface area contributed by atoms with Crippen LogP contribution < -0.4 is 0 Å². The molecule has 0 aliphatic carbocycles. The van der Waals surface area contributed by atoms with Gasteiger partial charge in [0.25, 0.3) is 5.89 Å². The van der Waals surface area contributed by atoms with Crippen molar-refractivity contribution < 1.29 is 4.52 Å². The third-order valence-corrected chi connectivity index (χ3v) is 3.43. The lowest BCUT2D eigenvalue weighted by molar-refractivity contribution is 0.425. The third kappa shape index (κ3) is 2.03. The second kappa shape index (κ2) is 3.93. The number of alkyl halides is 1. The van der Waals surface area contributed by atoms with Crippen molar-refractivity contribution in [3.63, 3.8) is 0 Å². The van der Waals surface area contributed by atoms with Crippen LogP contribution in [0.4, 0.5) is 0 Å². The maximum atomic E-state index is 5.55. The topological polar surface area (TPSA) is 38.9 Å². The summed E-state index contributed by atoms with van der Waals surface area (Å²) in [6.07, 6.45) is 0. The molecular formula is C7H4ClIN2OS. The molecule has 0 aliphatic heterocycles. The average molecular weight is 327 g/mol. The van der Waals surface area contributed by atoms with E-state index in [2.05, 4.69) is 32.7 Å². The normalized spacial score (nSPS) is 10.6. The Bertz CT molecular complexity index is 414. The van der Waals surface area contributed by atoms with E-state index in [-0.39, 0.29) is 5.88 Å². The zero-order valence-electron chi connectivity index (χ0n) is 6.33. The van der Waals surface area contributed by atoms with E-state index in [9.17, 15) is 0 Å². The van der Waals surface area contributed by atoms with Gasteiger partial charge in [-0.2, -0.15) is 4.98 Å². The number of hydrogen-bond donors (Lipinski definition) is 0. The Hall–Kier alpha value is -0.140. The molecule has 3 nitrogen and oxygen atoms in total. The van der Waals surface area contributed by atoms with E-state index in [1.165, 1.54) is 2.88 Å². The second-order valence-corrected chi connectivity index (χ2v) is 5.36. The van der Waals surface area contributed by atoms with Gasteiger partial charge in [-0.1, -0.05) is 5.16 Å². The van der Waals surface area contributed by atoms with Crippen LogP contribution in [0.25, 0.3) is 11.5 Å². The van der Waals surface area contributed by atoms with Crippen LogP contribution in [0.2, 0.25) is 0 Å². The monoisotopic (exact) mass is 326 g/mol. The Morgan fingerprint density at radius 1 is 1.62 bits per heavy atom. The summed E-state index contributed by atoms with van der Waals surface area (Å²) < 4.78 is 6.21. The molecule has 0 fully saturated rings. The van der Waals surface area contributed by atoms with E-state index in [1.807, 2.05) is 11.4 Å². The predicted octanol–water partition coefficient (Wildman–Crippen LogP) is 3.14. The molecule has 0 aliphatic rings. The van der Waals surface area contributed by atoms with E-state index in [1.54, 1.807) is 11.3 Å². The maximum absolute atomic E-state index is 5.55. The van der Waals surface area contributed by atoms with Gasteiger partial charge in [-0.15, -0.1) is 22.9 Å². The largest absolute Gasteiger partial charge is 0.334 e. The first kappa shape index (κ1) is 9.42. The minimum Gasteiger partial charge on any atom is -0.334 e. The summed E-state index contributed by atoms with van der Waals surface area (Å²) in [5, 5.41) is 5.68. The molecule has 0 spiro atoms. The smallest absolute Gasteiger partial charge is 0.258 e. The van der Waals surface area contributed by atoms with Crippen LogP contribution in [0.1, 0.15) is 5.82 Å². The molecule has 0 saturated heterocycles. The van der Waals surface area contributed by atoms with Crippen LogP contribution in [-0.4, -0.2) is 10.1 Å². The molecule has 2 heterocycles. The minimum atomic E-state index is 0.282. The summed E-state index contributed by atoms with van der Waals surface area (Å²) in [6.45, 7) is 0. The predicted molar refractivity (Wildman–Crippen MR) is 59.9 cm³/mol. The van der Waals surface area contributed by atoms with Crippen molar-refractivity contribution >= 4 is 45.5 Å². The SMILES string of the molecule is ClCc1noc(-c2csc(I)c2)n1. The highest BCUT2D eigenvalue weighted by atomic mass is 127. The molecule has 0 bridgehead atoms. The third-order valence-electron chi connectivity index (χ3n) is 1.40. The summed E-state index contributed by atoms with van der Waals surface area (Å²) in [6, 6.07) is 2.00.